The van der Waals surface area contributed by atoms with E-state index in [1.165, 1.54) is 12.8 Å². The monoisotopic (exact) mass is 518 g/mol. The molecule has 0 heterocycles. The van der Waals surface area contributed by atoms with Crippen LogP contribution in [0.5, 0.6) is 0 Å². The third kappa shape index (κ3) is 6.90. The lowest BCUT2D eigenvalue weighted by atomic mass is 9.75. The second-order valence-corrected chi connectivity index (χ2v) is 12.1. The van der Waals surface area contributed by atoms with Gasteiger partial charge in [-0.15, -0.1) is 0 Å². The van der Waals surface area contributed by atoms with Crippen LogP contribution in [0.25, 0.3) is 0 Å². The number of benzene rings is 1. The maximum atomic E-state index is 15.2. The van der Waals surface area contributed by atoms with Gasteiger partial charge in [0.15, 0.2) is 11.6 Å². The lowest BCUT2D eigenvalue weighted by Crippen LogP contribution is -2.17. The quantitative estimate of drug-likeness (QED) is 0.225. The first-order valence-corrected chi connectivity index (χ1v) is 15.1. The Morgan fingerprint density at radius 1 is 0.649 bits per heavy atom. The van der Waals surface area contributed by atoms with Gasteiger partial charge in [-0.2, -0.15) is 0 Å². The molecule has 0 nitrogen and oxygen atoms in total. The zero-order valence-corrected chi connectivity index (χ0v) is 22.9. The molecule has 206 valence electrons. The summed E-state index contributed by atoms with van der Waals surface area (Å²) in [6.07, 6.45) is 17.8. The van der Waals surface area contributed by atoms with Crippen molar-refractivity contribution in [3.63, 3.8) is 0 Å². The Bertz CT molecular complexity index is 932. The van der Waals surface area contributed by atoms with Gasteiger partial charge in [-0.05, 0) is 105 Å². The molecule has 0 aliphatic heterocycles. The molecule has 0 radical (unpaired) electrons. The predicted molar refractivity (Wildman–Crippen MR) is 145 cm³/mol. The van der Waals surface area contributed by atoms with Crippen LogP contribution in [0.15, 0.2) is 35.9 Å². The lowest BCUT2D eigenvalue weighted by molar-refractivity contribution is 0.301. The van der Waals surface area contributed by atoms with E-state index in [0.717, 1.165) is 76.5 Å². The number of allylic oxidation sites excluding steroid dienone is 4. The van der Waals surface area contributed by atoms with E-state index in [0.29, 0.717) is 24.0 Å². The highest BCUT2D eigenvalue weighted by Gasteiger charge is 2.31. The second kappa shape index (κ2) is 13.5. The molecule has 0 bridgehead atoms. The molecule has 0 aromatic heterocycles. The Morgan fingerprint density at radius 3 is 1.81 bits per heavy atom. The standard InChI is InChI=1S/C33H46F4/c1-3-5-7-26-18-19-27(31(35)30(26)34)17-12-23-10-15-25(16-11-23)29-21-20-28(32(36)33(29)37)24-13-8-22(6-4-2)9-14-24/h12,17,20-27H,3-11,13-16,18-19H2,1-2H3/b17-12+. The minimum absolute atomic E-state index is 0.0246. The Morgan fingerprint density at radius 2 is 1.24 bits per heavy atom. The van der Waals surface area contributed by atoms with Gasteiger partial charge in [0.05, 0.1) is 0 Å². The minimum Gasteiger partial charge on any atom is -0.209 e. The van der Waals surface area contributed by atoms with Crippen molar-refractivity contribution >= 4 is 0 Å². The third-order valence-corrected chi connectivity index (χ3v) is 9.60. The van der Waals surface area contributed by atoms with E-state index in [1.54, 1.807) is 0 Å². The first-order chi connectivity index (χ1) is 17.9. The summed E-state index contributed by atoms with van der Waals surface area (Å²) in [6, 6.07) is 3.69. The van der Waals surface area contributed by atoms with Gasteiger partial charge in [-0.1, -0.05) is 63.8 Å². The SMILES string of the molecule is CCCCC1CCC(/C=C/C2CCC(c3ccc(C4CCC(CCC)CC4)c(F)c3F)CC2)C(F)=C1F. The Hall–Kier alpha value is -1.58. The smallest absolute Gasteiger partial charge is 0.162 e. The largest absolute Gasteiger partial charge is 0.209 e. The van der Waals surface area contributed by atoms with E-state index >= 15 is 8.78 Å². The maximum absolute atomic E-state index is 15.2. The Kier molecular flexibility index (Phi) is 10.4. The summed E-state index contributed by atoms with van der Waals surface area (Å²) in [5.74, 6) is -1.89. The van der Waals surface area contributed by atoms with Gasteiger partial charge in [0, 0.05) is 11.8 Å². The van der Waals surface area contributed by atoms with Crippen LogP contribution in [0.4, 0.5) is 17.6 Å². The number of hydrogen-bond acceptors (Lipinski definition) is 0. The van der Waals surface area contributed by atoms with Crippen LogP contribution >= 0.6 is 0 Å². The average molecular weight is 519 g/mol. The van der Waals surface area contributed by atoms with E-state index < -0.39 is 29.2 Å². The van der Waals surface area contributed by atoms with Gasteiger partial charge in [0.2, 0.25) is 0 Å². The third-order valence-electron chi connectivity index (χ3n) is 9.60. The highest BCUT2D eigenvalue weighted by atomic mass is 19.2. The predicted octanol–water partition coefficient (Wildman–Crippen LogP) is 11.2. The van der Waals surface area contributed by atoms with Crippen LogP contribution in [0.1, 0.15) is 133 Å². The normalized spacial score (nSPS) is 31.3. The number of rotatable bonds is 9. The van der Waals surface area contributed by atoms with Crippen molar-refractivity contribution in [1.82, 2.24) is 0 Å². The number of halogens is 4. The molecule has 0 spiro atoms. The van der Waals surface area contributed by atoms with Gasteiger partial charge in [0.1, 0.15) is 11.7 Å². The summed E-state index contributed by atoms with van der Waals surface area (Å²) in [4.78, 5) is 0. The zero-order valence-electron chi connectivity index (χ0n) is 22.9. The Labute approximate surface area is 222 Å². The molecule has 3 aliphatic rings. The van der Waals surface area contributed by atoms with Gasteiger partial charge in [-0.3, -0.25) is 0 Å². The van der Waals surface area contributed by atoms with Crippen molar-refractivity contribution < 1.29 is 17.6 Å². The molecule has 2 atom stereocenters. The highest BCUT2D eigenvalue weighted by molar-refractivity contribution is 5.32. The van der Waals surface area contributed by atoms with E-state index in [-0.39, 0.29) is 23.7 Å². The molecule has 0 N–H and O–H groups in total. The number of unbranched alkanes of at least 4 members (excludes halogenated alkanes) is 1. The minimum atomic E-state index is -0.644. The topological polar surface area (TPSA) is 0 Å². The fraction of sp³-hybridized carbons (Fsp3) is 0.697. The van der Waals surface area contributed by atoms with Crippen molar-refractivity contribution in [3.8, 4) is 0 Å². The molecule has 0 saturated heterocycles. The molecule has 4 rings (SSSR count). The molecular formula is C33H46F4. The first-order valence-electron chi connectivity index (χ1n) is 15.1. The molecule has 0 amide bonds. The summed E-state index contributed by atoms with van der Waals surface area (Å²) >= 11 is 0. The van der Waals surface area contributed by atoms with Crippen LogP contribution in [0, 0.1) is 35.3 Å². The van der Waals surface area contributed by atoms with Crippen LogP contribution in [-0.4, -0.2) is 0 Å². The van der Waals surface area contributed by atoms with Gasteiger partial charge in [-0.25, -0.2) is 17.6 Å². The Balaban J connectivity index is 1.31. The highest BCUT2D eigenvalue weighted by Crippen LogP contribution is 2.43. The summed E-state index contributed by atoms with van der Waals surface area (Å²) < 4.78 is 59.5. The van der Waals surface area contributed by atoms with Crippen molar-refractivity contribution in [3.05, 3.63) is 58.7 Å². The van der Waals surface area contributed by atoms with Crippen LogP contribution in [0.2, 0.25) is 0 Å². The van der Waals surface area contributed by atoms with E-state index in [9.17, 15) is 8.78 Å². The van der Waals surface area contributed by atoms with Gasteiger partial charge in [0.25, 0.3) is 0 Å². The molecule has 1 aromatic carbocycles. The molecule has 1 aromatic rings. The number of hydrogen-bond donors (Lipinski definition) is 0. The average Bonchev–Trinajstić information content (AvgIpc) is 2.92. The summed E-state index contributed by atoms with van der Waals surface area (Å²) in [5.41, 5.74) is 1.09. The molecule has 2 fully saturated rings. The van der Waals surface area contributed by atoms with Crippen LogP contribution in [-0.2, 0) is 0 Å². The lowest BCUT2D eigenvalue weighted by Gasteiger charge is -2.30. The van der Waals surface area contributed by atoms with E-state index in [2.05, 4.69) is 19.9 Å². The first kappa shape index (κ1) is 28.4. The van der Waals surface area contributed by atoms with E-state index in [1.807, 2.05) is 18.2 Å². The van der Waals surface area contributed by atoms with Crippen molar-refractivity contribution in [1.29, 1.82) is 0 Å². The van der Waals surface area contributed by atoms with E-state index in [4.69, 9.17) is 0 Å². The second-order valence-electron chi connectivity index (χ2n) is 12.1. The summed E-state index contributed by atoms with van der Waals surface area (Å²) in [6.45, 7) is 4.28. The summed E-state index contributed by atoms with van der Waals surface area (Å²) in [7, 11) is 0. The molecule has 4 heteroatoms. The van der Waals surface area contributed by atoms with Gasteiger partial charge >= 0.3 is 0 Å². The van der Waals surface area contributed by atoms with Crippen molar-refractivity contribution in [2.75, 3.05) is 0 Å². The van der Waals surface area contributed by atoms with Crippen LogP contribution in [0.3, 0.4) is 0 Å². The molecule has 2 saturated carbocycles. The fourth-order valence-corrected chi connectivity index (χ4v) is 7.20. The van der Waals surface area contributed by atoms with Gasteiger partial charge < -0.3 is 0 Å². The molecule has 2 unspecified atom stereocenters. The molecule has 3 aliphatic carbocycles. The van der Waals surface area contributed by atoms with Crippen molar-refractivity contribution in [2.45, 2.75) is 122 Å². The molecule has 37 heavy (non-hydrogen) atoms. The zero-order chi connectivity index (χ0) is 26.4. The maximum Gasteiger partial charge on any atom is 0.162 e. The molecular weight excluding hydrogens is 472 g/mol. The van der Waals surface area contributed by atoms with Crippen molar-refractivity contribution in [2.24, 2.45) is 23.7 Å². The summed E-state index contributed by atoms with van der Waals surface area (Å²) in [5, 5.41) is 0. The fourth-order valence-electron chi connectivity index (χ4n) is 7.20. The van der Waals surface area contributed by atoms with Crippen LogP contribution < -0.4 is 0 Å².